The Labute approximate surface area is 139 Å². The number of amides is 2. The first-order valence-electron chi connectivity index (χ1n) is 8.16. The number of likely N-dealkylation sites (tertiary alicyclic amines) is 1. The molecule has 0 atom stereocenters. The van der Waals surface area contributed by atoms with Crippen LogP contribution in [0.1, 0.15) is 26.7 Å². The van der Waals surface area contributed by atoms with Crippen LogP contribution in [-0.4, -0.2) is 34.8 Å². The predicted octanol–water partition coefficient (Wildman–Crippen LogP) is 1.95. The highest BCUT2D eigenvalue weighted by Gasteiger charge is 2.28. The van der Waals surface area contributed by atoms with E-state index in [1.165, 1.54) is 0 Å². The van der Waals surface area contributed by atoms with Gasteiger partial charge in [0.25, 0.3) is 0 Å². The molecular weight excluding hydrogens is 310 g/mol. The molecule has 2 amide bonds. The van der Waals surface area contributed by atoms with E-state index in [2.05, 4.69) is 10.3 Å². The molecule has 1 aliphatic heterocycles. The molecule has 7 heteroatoms. The summed E-state index contributed by atoms with van der Waals surface area (Å²) >= 11 is 0. The van der Waals surface area contributed by atoms with E-state index in [-0.39, 0.29) is 23.7 Å². The zero-order valence-corrected chi connectivity index (χ0v) is 13.8. The van der Waals surface area contributed by atoms with Crippen LogP contribution in [-0.2, 0) is 9.59 Å². The van der Waals surface area contributed by atoms with Crippen molar-refractivity contribution in [2.45, 2.75) is 26.7 Å². The number of nitrogens with one attached hydrogen (secondary N) is 2. The molecule has 0 aliphatic carbocycles. The number of piperidine rings is 1. The number of hydrogen-bond donors (Lipinski definition) is 2. The number of aromatic nitrogens is 1. The number of carbonyl (C=O) groups is 2. The topological polar surface area (TPSA) is 95.4 Å². The van der Waals surface area contributed by atoms with Gasteiger partial charge in [-0.25, -0.2) is 4.79 Å². The second kappa shape index (κ2) is 6.51. The van der Waals surface area contributed by atoms with Crippen LogP contribution >= 0.6 is 0 Å². The van der Waals surface area contributed by atoms with E-state index >= 15 is 0 Å². The third-order valence-electron chi connectivity index (χ3n) is 4.36. The van der Waals surface area contributed by atoms with Crippen molar-refractivity contribution < 1.29 is 14.0 Å². The minimum atomic E-state index is -0.518. The Morgan fingerprint density at radius 2 is 2.00 bits per heavy atom. The van der Waals surface area contributed by atoms with Gasteiger partial charge in [0.05, 0.1) is 5.52 Å². The number of hydrogen-bond acceptors (Lipinski definition) is 4. The maximum Gasteiger partial charge on any atom is 0.417 e. The number of H-pyrrole nitrogens is 1. The molecule has 0 unspecified atom stereocenters. The van der Waals surface area contributed by atoms with Crippen molar-refractivity contribution in [1.82, 2.24) is 9.88 Å². The number of benzene rings is 1. The van der Waals surface area contributed by atoms with E-state index in [9.17, 15) is 14.4 Å². The van der Waals surface area contributed by atoms with E-state index < -0.39 is 5.76 Å². The molecule has 0 spiro atoms. The number of aromatic amines is 1. The number of carbonyl (C=O) groups excluding carboxylic acids is 2. The quantitative estimate of drug-likeness (QED) is 0.898. The van der Waals surface area contributed by atoms with Crippen LogP contribution in [0.5, 0.6) is 0 Å². The van der Waals surface area contributed by atoms with Crippen molar-refractivity contribution in [3.63, 3.8) is 0 Å². The molecule has 1 fully saturated rings. The highest BCUT2D eigenvalue weighted by molar-refractivity contribution is 5.94. The number of oxazole rings is 1. The lowest BCUT2D eigenvalue weighted by Crippen LogP contribution is -2.43. The number of nitrogens with zero attached hydrogens (tertiary/aromatic N) is 1. The summed E-state index contributed by atoms with van der Waals surface area (Å²) in [6.07, 6.45) is 1.32. The van der Waals surface area contributed by atoms with Crippen LogP contribution in [0.3, 0.4) is 0 Å². The smallest absolute Gasteiger partial charge is 0.408 e. The normalized spacial score (nSPS) is 15.9. The molecule has 0 bridgehead atoms. The van der Waals surface area contributed by atoms with Gasteiger partial charge >= 0.3 is 5.76 Å². The van der Waals surface area contributed by atoms with E-state index in [0.717, 1.165) is 0 Å². The fraction of sp³-hybridized carbons (Fsp3) is 0.471. The zero-order valence-electron chi connectivity index (χ0n) is 13.8. The first-order chi connectivity index (χ1) is 11.4. The molecule has 3 rings (SSSR count). The standard InChI is InChI=1S/C17H21N3O4/c1-10(2)16(22)20-7-5-11(6-8-20)15(21)18-12-3-4-14-13(9-12)19-17(23)24-14/h3-4,9-11H,5-8H2,1-2H3,(H,18,21)(H,19,23). The van der Waals surface area contributed by atoms with Crippen molar-refractivity contribution in [3.8, 4) is 0 Å². The van der Waals surface area contributed by atoms with E-state index in [4.69, 9.17) is 4.42 Å². The van der Waals surface area contributed by atoms with Crippen molar-refractivity contribution in [2.24, 2.45) is 11.8 Å². The van der Waals surface area contributed by atoms with Crippen LogP contribution in [0.4, 0.5) is 5.69 Å². The first-order valence-corrected chi connectivity index (χ1v) is 8.16. The van der Waals surface area contributed by atoms with Crippen molar-refractivity contribution in [3.05, 3.63) is 28.7 Å². The van der Waals surface area contributed by atoms with Gasteiger partial charge in [0.15, 0.2) is 5.58 Å². The minimum absolute atomic E-state index is 0.0146. The number of rotatable bonds is 3. The fourth-order valence-electron chi connectivity index (χ4n) is 3.00. The van der Waals surface area contributed by atoms with Crippen LogP contribution in [0.2, 0.25) is 0 Å². The van der Waals surface area contributed by atoms with E-state index in [1.54, 1.807) is 18.2 Å². The zero-order chi connectivity index (χ0) is 17.3. The molecule has 1 aromatic heterocycles. The lowest BCUT2D eigenvalue weighted by atomic mass is 9.95. The Balaban J connectivity index is 1.61. The molecule has 2 aromatic rings. The molecule has 1 saturated heterocycles. The Bertz CT molecular complexity index is 813. The largest absolute Gasteiger partial charge is 0.417 e. The van der Waals surface area contributed by atoms with Crippen LogP contribution in [0.25, 0.3) is 11.1 Å². The summed E-state index contributed by atoms with van der Waals surface area (Å²) in [6, 6.07) is 5.02. The van der Waals surface area contributed by atoms with Crippen molar-refractivity contribution in [2.75, 3.05) is 18.4 Å². The van der Waals surface area contributed by atoms with Gasteiger partial charge in [-0.05, 0) is 31.0 Å². The molecule has 1 aliphatic rings. The molecule has 0 radical (unpaired) electrons. The van der Waals surface area contributed by atoms with Gasteiger partial charge in [0.1, 0.15) is 0 Å². The molecule has 2 heterocycles. The molecule has 2 N–H and O–H groups in total. The maximum atomic E-state index is 12.4. The van der Waals surface area contributed by atoms with Gasteiger partial charge in [-0.15, -0.1) is 0 Å². The summed E-state index contributed by atoms with van der Waals surface area (Å²) in [4.78, 5) is 39.9. The van der Waals surface area contributed by atoms with Gasteiger partial charge < -0.3 is 14.6 Å². The molecular formula is C17H21N3O4. The molecule has 128 valence electrons. The highest BCUT2D eigenvalue weighted by Crippen LogP contribution is 2.22. The minimum Gasteiger partial charge on any atom is -0.408 e. The molecule has 1 aromatic carbocycles. The third kappa shape index (κ3) is 3.34. The second-order valence-electron chi connectivity index (χ2n) is 6.47. The highest BCUT2D eigenvalue weighted by atomic mass is 16.4. The van der Waals surface area contributed by atoms with Gasteiger partial charge in [-0.1, -0.05) is 13.8 Å². The Morgan fingerprint density at radius 3 is 2.67 bits per heavy atom. The first kappa shape index (κ1) is 16.3. The summed E-state index contributed by atoms with van der Waals surface area (Å²) in [6.45, 7) is 5.00. The van der Waals surface area contributed by atoms with Gasteiger partial charge in [-0.2, -0.15) is 0 Å². The van der Waals surface area contributed by atoms with Crippen LogP contribution in [0, 0.1) is 11.8 Å². The average molecular weight is 331 g/mol. The Hall–Kier alpha value is -2.57. The van der Waals surface area contributed by atoms with Gasteiger partial charge in [-0.3, -0.25) is 14.6 Å². The Morgan fingerprint density at radius 1 is 1.29 bits per heavy atom. The SMILES string of the molecule is CC(C)C(=O)N1CCC(C(=O)Nc2ccc3oc(=O)[nH]c3c2)CC1. The fourth-order valence-corrected chi connectivity index (χ4v) is 3.00. The number of fused-ring (bicyclic) bond motifs is 1. The number of anilines is 1. The third-order valence-corrected chi connectivity index (χ3v) is 4.36. The summed E-state index contributed by atoms with van der Waals surface area (Å²) in [5.41, 5.74) is 1.62. The van der Waals surface area contributed by atoms with Crippen LogP contribution in [0.15, 0.2) is 27.4 Å². The predicted molar refractivity (Wildman–Crippen MR) is 89.6 cm³/mol. The monoisotopic (exact) mass is 331 g/mol. The molecule has 7 nitrogen and oxygen atoms in total. The summed E-state index contributed by atoms with van der Waals surface area (Å²) in [5.74, 6) is -0.560. The van der Waals surface area contributed by atoms with Gasteiger partial charge in [0, 0.05) is 30.6 Å². The summed E-state index contributed by atoms with van der Waals surface area (Å²) in [7, 11) is 0. The van der Waals surface area contributed by atoms with Crippen molar-refractivity contribution >= 4 is 28.6 Å². The average Bonchev–Trinajstić information content (AvgIpc) is 2.93. The summed E-state index contributed by atoms with van der Waals surface area (Å²) in [5, 5.41) is 2.87. The van der Waals surface area contributed by atoms with Crippen LogP contribution < -0.4 is 11.1 Å². The lowest BCUT2D eigenvalue weighted by Gasteiger charge is -2.32. The van der Waals surface area contributed by atoms with E-state index in [0.29, 0.717) is 42.7 Å². The Kier molecular flexibility index (Phi) is 4.42. The molecule has 24 heavy (non-hydrogen) atoms. The second-order valence-corrected chi connectivity index (χ2v) is 6.47. The van der Waals surface area contributed by atoms with Crippen molar-refractivity contribution in [1.29, 1.82) is 0 Å². The van der Waals surface area contributed by atoms with Gasteiger partial charge in [0.2, 0.25) is 11.8 Å². The lowest BCUT2D eigenvalue weighted by molar-refractivity contribution is -0.137. The van der Waals surface area contributed by atoms with E-state index in [1.807, 2.05) is 18.7 Å². The molecule has 0 saturated carbocycles. The maximum absolute atomic E-state index is 12.4. The summed E-state index contributed by atoms with van der Waals surface area (Å²) < 4.78 is 4.94.